The summed E-state index contributed by atoms with van der Waals surface area (Å²) in [6.07, 6.45) is 0. The molecule has 2 rings (SSSR count). The maximum absolute atomic E-state index is 3.23. The first-order valence-corrected chi connectivity index (χ1v) is 4.82. The van der Waals surface area contributed by atoms with Gasteiger partial charge in [0.2, 0.25) is 0 Å². The van der Waals surface area contributed by atoms with Crippen LogP contribution < -0.4 is 0 Å². The van der Waals surface area contributed by atoms with E-state index < -0.39 is 0 Å². The summed E-state index contributed by atoms with van der Waals surface area (Å²) in [4.78, 5) is 0. The summed E-state index contributed by atoms with van der Waals surface area (Å²) < 4.78 is 0. The second kappa shape index (κ2) is 3.67. The van der Waals surface area contributed by atoms with Crippen LogP contribution >= 0.6 is 0 Å². The summed E-state index contributed by atoms with van der Waals surface area (Å²) in [7, 11) is 0. The van der Waals surface area contributed by atoms with E-state index in [0.717, 1.165) is 0 Å². The van der Waals surface area contributed by atoms with E-state index in [1.54, 1.807) is 0 Å². The van der Waals surface area contributed by atoms with E-state index >= 15 is 0 Å². The topological polar surface area (TPSA) is 0 Å². The molecule has 0 saturated carbocycles. The Hall–Kier alpha value is -1.56. The smallest absolute Gasteiger partial charge is 0.0146 e. The fourth-order valence-corrected chi connectivity index (χ4v) is 1.69. The predicted molar refractivity (Wildman–Crippen MR) is 60.2 cm³/mol. The molecule has 2 aromatic carbocycles. The lowest BCUT2D eigenvalue weighted by atomic mass is 9.97. The number of rotatable bonds is 1. The van der Waals surface area contributed by atoms with Gasteiger partial charge in [-0.15, -0.1) is 0 Å². The number of benzene rings is 2. The van der Waals surface area contributed by atoms with E-state index in [1.165, 1.54) is 22.3 Å². The molecule has 0 fully saturated rings. The third kappa shape index (κ3) is 1.56. The van der Waals surface area contributed by atoms with E-state index in [0.29, 0.717) is 0 Å². The van der Waals surface area contributed by atoms with Gasteiger partial charge in [0.25, 0.3) is 0 Å². The quantitative estimate of drug-likeness (QED) is 0.628. The Morgan fingerprint density at radius 2 is 1.57 bits per heavy atom. The average Bonchev–Trinajstić information content (AvgIpc) is 2.20. The van der Waals surface area contributed by atoms with Crippen LogP contribution in [0.25, 0.3) is 11.1 Å². The molecule has 0 nitrogen and oxygen atoms in total. The summed E-state index contributed by atoms with van der Waals surface area (Å²) in [6, 6.07) is 17.8. The lowest BCUT2D eigenvalue weighted by Crippen LogP contribution is -1.85. The average molecular weight is 181 g/mol. The van der Waals surface area contributed by atoms with E-state index in [4.69, 9.17) is 0 Å². The molecule has 0 saturated heterocycles. The lowest BCUT2D eigenvalue weighted by Gasteiger charge is -2.07. The van der Waals surface area contributed by atoms with Crippen molar-refractivity contribution in [1.29, 1.82) is 0 Å². The highest BCUT2D eigenvalue weighted by molar-refractivity contribution is 5.69. The van der Waals surface area contributed by atoms with Gasteiger partial charge in [0.1, 0.15) is 0 Å². The van der Waals surface area contributed by atoms with Crippen LogP contribution in [0.5, 0.6) is 0 Å². The second-order valence-corrected chi connectivity index (χ2v) is 3.52. The van der Waals surface area contributed by atoms with Crippen molar-refractivity contribution in [2.75, 3.05) is 0 Å². The van der Waals surface area contributed by atoms with Gasteiger partial charge in [-0.05, 0) is 42.2 Å². The van der Waals surface area contributed by atoms with E-state index in [2.05, 4.69) is 50.2 Å². The number of hydrogen-bond acceptors (Lipinski definition) is 0. The van der Waals surface area contributed by atoms with Gasteiger partial charge in [-0.25, -0.2) is 0 Å². The maximum atomic E-state index is 3.23. The molecule has 0 atom stereocenters. The van der Waals surface area contributed by atoms with Gasteiger partial charge in [0.05, 0.1) is 0 Å². The summed E-state index contributed by atoms with van der Waals surface area (Å²) in [6.45, 7) is 4.24. The molecule has 0 spiro atoms. The molecule has 0 N–H and O–H groups in total. The van der Waals surface area contributed by atoms with Gasteiger partial charge in [-0.2, -0.15) is 0 Å². The molecule has 2 aromatic rings. The Morgan fingerprint density at radius 1 is 0.857 bits per heavy atom. The van der Waals surface area contributed by atoms with Crippen molar-refractivity contribution in [3.8, 4) is 11.1 Å². The van der Waals surface area contributed by atoms with Crippen LogP contribution in [-0.2, 0) is 0 Å². The molecular weight excluding hydrogens is 168 g/mol. The van der Waals surface area contributed by atoms with Crippen molar-refractivity contribution >= 4 is 0 Å². The van der Waals surface area contributed by atoms with Crippen LogP contribution in [0.3, 0.4) is 0 Å². The van der Waals surface area contributed by atoms with Crippen LogP contribution in [0, 0.1) is 19.9 Å². The van der Waals surface area contributed by atoms with Gasteiger partial charge >= 0.3 is 0 Å². The van der Waals surface area contributed by atoms with Crippen LogP contribution in [0.1, 0.15) is 11.1 Å². The van der Waals surface area contributed by atoms with Crippen molar-refractivity contribution in [3.63, 3.8) is 0 Å². The molecule has 0 heterocycles. The second-order valence-electron chi connectivity index (χ2n) is 3.52. The normalized spacial score (nSPS) is 10.1. The molecule has 0 unspecified atom stereocenters. The Kier molecular flexibility index (Phi) is 2.36. The molecule has 0 heteroatoms. The number of aryl methyl sites for hydroxylation is 2. The highest BCUT2D eigenvalue weighted by atomic mass is 14.1. The maximum Gasteiger partial charge on any atom is -0.0146 e. The molecule has 0 aliphatic rings. The Labute approximate surface area is 85.2 Å². The monoisotopic (exact) mass is 181 g/mol. The van der Waals surface area contributed by atoms with Crippen LogP contribution in [0.4, 0.5) is 0 Å². The van der Waals surface area contributed by atoms with Gasteiger partial charge in [-0.1, -0.05) is 42.5 Å². The standard InChI is InChI=1S/C14H13/c1-11-7-3-5-9-13(11)14-10-6-4-8-12(14)2/h3-7,9-10H,1-2H3. The Morgan fingerprint density at radius 3 is 2.29 bits per heavy atom. The summed E-state index contributed by atoms with van der Waals surface area (Å²) in [5, 5.41) is 0. The minimum atomic E-state index is 1.21. The van der Waals surface area contributed by atoms with E-state index in [1.807, 2.05) is 12.1 Å². The molecule has 0 amide bonds. The van der Waals surface area contributed by atoms with Gasteiger partial charge in [-0.3, -0.25) is 0 Å². The minimum absolute atomic E-state index is 1.21. The fourth-order valence-electron chi connectivity index (χ4n) is 1.69. The molecular formula is C14H13. The predicted octanol–water partition coefficient (Wildman–Crippen LogP) is 3.77. The Bertz CT molecular complexity index is 398. The van der Waals surface area contributed by atoms with Crippen molar-refractivity contribution in [2.24, 2.45) is 0 Å². The fraction of sp³-hybridized carbons (Fsp3) is 0.143. The zero-order valence-electron chi connectivity index (χ0n) is 8.54. The van der Waals surface area contributed by atoms with Crippen molar-refractivity contribution in [1.82, 2.24) is 0 Å². The molecule has 0 aromatic heterocycles. The van der Waals surface area contributed by atoms with Crippen molar-refractivity contribution in [3.05, 3.63) is 59.7 Å². The summed E-state index contributed by atoms with van der Waals surface area (Å²) in [5.41, 5.74) is 5.12. The highest BCUT2D eigenvalue weighted by Crippen LogP contribution is 2.25. The number of hydrogen-bond donors (Lipinski definition) is 0. The molecule has 0 aliphatic heterocycles. The molecule has 0 aliphatic carbocycles. The first-order valence-electron chi connectivity index (χ1n) is 4.82. The summed E-state index contributed by atoms with van der Waals surface area (Å²) >= 11 is 0. The van der Waals surface area contributed by atoms with Gasteiger partial charge < -0.3 is 0 Å². The lowest BCUT2D eigenvalue weighted by molar-refractivity contribution is 1.40. The van der Waals surface area contributed by atoms with Crippen LogP contribution in [-0.4, -0.2) is 0 Å². The molecule has 1 radical (unpaired) electrons. The van der Waals surface area contributed by atoms with Crippen LogP contribution in [0.15, 0.2) is 42.5 Å². The first kappa shape index (κ1) is 9.01. The zero-order valence-corrected chi connectivity index (χ0v) is 8.54. The van der Waals surface area contributed by atoms with E-state index in [9.17, 15) is 0 Å². The third-order valence-electron chi connectivity index (χ3n) is 2.50. The molecule has 14 heavy (non-hydrogen) atoms. The van der Waals surface area contributed by atoms with Gasteiger partial charge in [0, 0.05) is 0 Å². The van der Waals surface area contributed by atoms with Crippen molar-refractivity contribution < 1.29 is 0 Å². The Balaban J connectivity index is 2.61. The largest absolute Gasteiger partial charge is 0.0620 e. The molecule has 0 bridgehead atoms. The highest BCUT2D eigenvalue weighted by Gasteiger charge is 2.02. The van der Waals surface area contributed by atoms with Gasteiger partial charge in [0.15, 0.2) is 0 Å². The zero-order chi connectivity index (χ0) is 9.97. The third-order valence-corrected chi connectivity index (χ3v) is 2.50. The minimum Gasteiger partial charge on any atom is -0.0620 e. The summed E-state index contributed by atoms with van der Waals surface area (Å²) in [5.74, 6) is 0. The SMILES string of the molecule is Cc1[c]cccc1-c1ccccc1C. The van der Waals surface area contributed by atoms with Crippen molar-refractivity contribution in [2.45, 2.75) is 13.8 Å². The van der Waals surface area contributed by atoms with Crippen LogP contribution in [0.2, 0.25) is 0 Å². The van der Waals surface area contributed by atoms with E-state index in [-0.39, 0.29) is 0 Å². The molecule has 69 valence electrons. The first-order chi connectivity index (χ1) is 6.79.